The molecule has 1 aromatic rings. The highest BCUT2D eigenvalue weighted by molar-refractivity contribution is 5.31. The number of alkyl halides is 17. The zero-order valence-electron chi connectivity index (χ0n) is 26.2. The van der Waals surface area contributed by atoms with E-state index in [1.165, 1.54) is 38.5 Å². The lowest BCUT2D eigenvalue weighted by Gasteiger charge is -2.42. The molecule has 0 spiro atoms. The average molecular weight is 745 g/mol. The molecule has 1 aromatic carbocycles. The second kappa shape index (κ2) is 14.2. The fourth-order valence-electron chi connectivity index (χ4n) is 6.87. The van der Waals surface area contributed by atoms with E-state index < -0.39 is 53.2 Å². The lowest BCUT2D eigenvalue weighted by atomic mass is 9.74. The van der Waals surface area contributed by atoms with Crippen molar-refractivity contribution in [3.8, 4) is 0 Å². The van der Waals surface area contributed by atoms with Gasteiger partial charge in [-0.15, -0.1) is 0 Å². The summed E-state index contributed by atoms with van der Waals surface area (Å²) in [5, 5.41) is 0. The van der Waals surface area contributed by atoms with Crippen molar-refractivity contribution in [2.45, 2.75) is 144 Å². The van der Waals surface area contributed by atoms with E-state index >= 15 is 0 Å². The van der Waals surface area contributed by atoms with Gasteiger partial charge in [0.2, 0.25) is 0 Å². The van der Waals surface area contributed by atoms with Crippen molar-refractivity contribution in [1.82, 2.24) is 0 Å². The van der Waals surface area contributed by atoms with Gasteiger partial charge in [-0.3, -0.25) is 0 Å². The predicted octanol–water partition coefficient (Wildman–Crippen LogP) is 13.2. The van der Waals surface area contributed by atoms with Crippen molar-refractivity contribution >= 4 is 0 Å². The van der Waals surface area contributed by atoms with Gasteiger partial charge in [0, 0.05) is 5.56 Å². The van der Waals surface area contributed by atoms with Crippen LogP contribution in [-0.4, -0.2) is 41.7 Å². The Balaban J connectivity index is 1.68. The maximum absolute atomic E-state index is 14.7. The van der Waals surface area contributed by atoms with Crippen LogP contribution in [0.3, 0.4) is 0 Å². The van der Waals surface area contributed by atoms with Crippen molar-refractivity contribution in [3.63, 3.8) is 0 Å². The van der Waals surface area contributed by atoms with Crippen LogP contribution >= 0.6 is 0 Å². The van der Waals surface area contributed by atoms with Crippen LogP contribution in [0.15, 0.2) is 24.3 Å². The van der Waals surface area contributed by atoms with Crippen LogP contribution in [-0.2, 0) is 5.92 Å². The van der Waals surface area contributed by atoms with Gasteiger partial charge in [-0.05, 0) is 54.9 Å². The fourth-order valence-corrected chi connectivity index (χ4v) is 6.87. The molecule has 49 heavy (non-hydrogen) atoms. The minimum Gasteiger partial charge on any atom is -0.194 e. The lowest BCUT2D eigenvalue weighted by Crippen LogP contribution is -2.74. The molecule has 2 aliphatic carbocycles. The van der Waals surface area contributed by atoms with E-state index in [2.05, 4.69) is 6.92 Å². The Bertz CT molecular complexity index is 1200. The highest BCUT2D eigenvalue weighted by Crippen LogP contribution is 2.65. The molecule has 0 amide bonds. The monoisotopic (exact) mass is 744 g/mol. The van der Waals surface area contributed by atoms with E-state index in [1.807, 2.05) is 0 Å². The second-order valence-electron chi connectivity index (χ2n) is 13.5. The molecule has 0 aliphatic heterocycles. The van der Waals surface area contributed by atoms with Gasteiger partial charge in [0.15, 0.2) is 0 Å². The zero-order valence-corrected chi connectivity index (χ0v) is 26.2. The zero-order chi connectivity index (χ0) is 37.5. The molecule has 2 fully saturated rings. The molecule has 0 atom stereocenters. The topological polar surface area (TPSA) is 0 Å². The minimum absolute atomic E-state index is 0.102. The van der Waals surface area contributed by atoms with Crippen LogP contribution in [0.2, 0.25) is 0 Å². The van der Waals surface area contributed by atoms with Crippen molar-refractivity contribution in [3.05, 3.63) is 35.4 Å². The van der Waals surface area contributed by atoms with E-state index in [0.29, 0.717) is 24.7 Å². The molecule has 0 nitrogen and oxygen atoms in total. The largest absolute Gasteiger partial charge is 0.460 e. The molecular formula is C32H37F17. The van der Waals surface area contributed by atoms with Gasteiger partial charge < -0.3 is 0 Å². The van der Waals surface area contributed by atoms with E-state index in [4.69, 9.17) is 0 Å². The maximum Gasteiger partial charge on any atom is 0.460 e. The first-order valence-electron chi connectivity index (χ1n) is 16.0. The summed E-state index contributed by atoms with van der Waals surface area (Å²) in [4.78, 5) is 0. The second-order valence-corrected chi connectivity index (χ2v) is 13.5. The molecule has 17 heteroatoms. The van der Waals surface area contributed by atoms with Crippen LogP contribution in [0.4, 0.5) is 74.6 Å². The predicted molar refractivity (Wildman–Crippen MR) is 145 cm³/mol. The molecule has 0 N–H and O–H groups in total. The molecule has 0 aromatic heterocycles. The van der Waals surface area contributed by atoms with Crippen LogP contribution in [0.5, 0.6) is 0 Å². The van der Waals surface area contributed by atoms with Gasteiger partial charge >= 0.3 is 47.6 Å². The van der Waals surface area contributed by atoms with Crippen molar-refractivity contribution < 1.29 is 74.6 Å². The van der Waals surface area contributed by atoms with Gasteiger partial charge in [-0.2, -0.15) is 74.6 Å². The molecule has 3 rings (SSSR count). The fraction of sp³-hybridized carbons (Fsp3) is 0.812. The summed E-state index contributed by atoms with van der Waals surface area (Å²) in [7, 11) is 0. The lowest BCUT2D eigenvalue weighted by molar-refractivity contribution is -0.462. The Hall–Kier alpha value is -1.97. The molecule has 0 saturated heterocycles. The van der Waals surface area contributed by atoms with Crippen molar-refractivity contribution in [2.75, 3.05) is 0 Å². The molecule has 0 heterocycles. The Labute approximate surface area is 272 Å². The summed E-state index contributed by atoms with van der Waals surface area (Å²) in [5.41, 5.74) is -1.89. The standard InChI is InChI=1S/C32H37F17/c1-2-3-4-19-5-7-20(8-6-19)9-10-21-11-13-22(14-12-21)23-15-17-24(18-16-23)25(33,34)26(35,36)27(37,38)28(39,40)29(41,42)30(43,44)31(45,46)32(47,48)49/h15-22H,2-14H2,1H3. The van der Waals surface area contributed by atoms with Crippen LogP contribution in [0.25, 0.3) is 0 Å². The quantitative estimate of drug-likeness (QED) is 0.166. The van der Waals surface area contributed by atoms with Gasteiger partial charge in [-0.1, -0.05) is 89.0 Å². The van der Waals surface area contributed by atoms with Gasteiger partial charge in [0.25, 0.3) is 0 Å². The Morgan fingerprint density at radius 2 is 0.796 bits per heavy atom. The smallest absolute Gasteiger partial charge is 0.194 e. The SMILES string of the molecule is CCCCC1CCC(CCC2CCC(c3ccc(C(F)(F)C(F)(F)C(F)(F)C(F)(F)C(F)(F)C(F)(F)C(F)(F)C(F)(F)F)cc3)CC2)CC1. The summed E-state index contributed by atoms with van der Waals surface area (Å²) in [6, 6.07) is 1.77. The summed E-state index contributed by atoms with van der Waals surface area (Å²) in [5.74, 6) is -54.9. The molecule has 284 valence electrons. The number of halogens is 17. The van der Waals surface area contributed by atoms with Crippen LogP contribution < -0.4 is 0 Å². The van der Waals surface area contributed by atoms with E-state index in [-0.39, 0.29) is 23.6 Å². The van der Waals surface area contributed by atoms with Gasteiger partial charge in [0.05, 0.1) is 0 Å². The molecule has 0 unspecified atom stereocenters. The molecule has 2 saturated carbocycles. The Morgan fingerprint density at radius 1 is 0.449 bits per heavy atom. The van der Waals surface area contributed by atoms with E-state index in [9.17, 15) is 74.6 Å². The Morgan fingerprint density at radius 3 is 1.18 bits per heavy atom. The number of hydrogen-bond acceptors (Lipinski definition) is 0. The van der Waals surface area contributed by atoms with E-state index in [1.54, 1.807) is 0 Å². The van der Waals surface area contributed by atoms with Gasteiger partial charge in [0.1, 0.15) is 0 Å². The number of rotatable bonds is 14. The number of hydrogen-bond donors (Lipinski definition) is 0. The minimum atomic E-state index is -8.63. The van der Waals surface area contributed by atoms with Crippen LogP contribution in [0.1, 0.15) is 107 Å². The third-order valence-corrected chi connectivity index (χ3v) is 10.2. The molecular weight excluding hydrogens is 707 g/mol. The van der Waals surface area contributed by atoms with Crippen molar-refractivity contribution in [2.24, 2.45) is 17.8 Å². The summed E-state index contributed by atoms with van der Waals surface area (Å²) in [6.07, 6.45) is 5.22. The number of benzene rings is 1. The summed E-state index contributed by atoms with van der Waals surface area (Å²) in [6.45, 7) is 2.16. The number of unbranched alkanes of at least 4 members (excludes halogenated alkanes) is 1. The third-order valence-electron chi connectivity index (χ3n) is 10.2. The first-order chi connectivity index (χ1) is 22.2. The highest BCUT2D eigenvalue weighted by atomic mass is 19.4. The highest BCUT2D eigenvalue weighted by Gasteiger charge is 2.95. The van der Waals surface area contributed by atoms with Gasteiger partial charge in [-0.25, -0.2) is 0 Å². The first-order valence-corrected chi connectivity index (χ1v) is 16.0. The van der Waals surface area contributed by atoms with Crippen LogP contribution in [0, 0.1) is 17.8 Å². The normalized spacial score (nSPS) is 24.3. The average Bonchev–Trinajstić information content (AvgIpc) is 3.02. The van der Waals surface area contributed by atoms with E-state index in [0.717, 1.165) is 50.2 Å². The molecule has 0 radical (unpaired) electrons. The maximum atomic E-state index is 14.7. The first kappa shape index (κ1) is 41.5. The molecule has 2 aliphatic rings. The summed E-state index contributed by atoms with van der Waals surface area (Å²) < 4.78 is 232. The molecule has 0 bridgehead atoms. The third kappa shape index (κ3) is 7.37. The summed E-state index contributed by atoms with van der Waals surface area (Å²) >= 11 is 0. The van der Waals surface area contributed by atoms with Crippen molar-refractivity contribution in [1.29, 1.82) is 0 Å². The Kier molecular flexibility index (Phi) is 12.0.